The predicted octanol–water partition coefficient (Wildman–Crippen LogP) is 1.44. The average molecular weight is 285 g/mol. The van der Waals surface area contributed by atoms with E-state index in [-0.39, 0.29) is 11.0 Å². The maximum atomic E-state index is 11.6. The Kier molecular flexibility index (Phi) is 2.78. The van der Waals surface area contributed by atoms with E-state index in [1.807, 2.05) is 0 Å². The molecule has 0 amide bonds. The highest BCUT2D eigenvalue weighted by Crippen LogP contribution is 2.35. The van der Waals surface area contributed by atoms with Gasteiger partial charge in [0.05, 0.1) is 4.92 Å². The third-order valence-corrected chi connectivity index (χ3v) is 3.56. The van der Waals surface area contributed by atoms with Crippen LogP contribution in [0, 0.1) is 10.1 Å². The van der Waals surface area contributed by atoms with E-state index in [1.165, 1.54) is 12.1 Å². The first-order chi connectivity index (χ1) is 8.73. The number of furan rings is 1. The molecule has 0 spiro atoms. The molecule has 8 nitrogen and oxygen atoms in total. The second-order valence-corrected chi connectivity index (χ2v) is 5.70. The topological polar surface area (TPSA) is 128 Å². The number of non-ortho nitro benzene ring substituents is 1. The van der Waals surface area contributed by atoms with Gasteiger partial charge in [0.2, 0.25) is 11.3 Å². The molecule has 19 heavy (non-hydrogen) atoms. The van der Waals surface area contributed by atoms with Crippen molar-refractivity contribution in [1.82, 2.24) is 0 Å². The van der Waals surface area contributed by atoms with Crippen LogP contribution >= 0.6 is 0 Å². The van der Waals surface area contributed by atoms with Crippen LogP contribution in [0.2, 0.25) is 0 Å². The van der Waals surface area contributed by atoms with Gasteiger partial charge in [-0.1, -0.05) is 6.07 Å². The van der Waals surface area contributed by atoms with E-state index in [1.54, 1.807) is 0 Å². The molecule has 0 saturated heterocycles. The Balaban J connectivity index is 3.02. The summed E-state index contributed by atoms with van der Waals surface area (Å²) in [6.45, 7) is 0. The first kappa shape index (κ1) is 13.0. The number of nitrogens with zero attached hydrogens (tertiary/aromatic N) is 1. The maximum absolute atomic E-state index is 11.6. The monoisotopic (exact) mass is 285 g/mol. The lowest BCUT2D eigenvalue weighted by molar-refractivity contribution is -0.383. The molecule has 0 saturated carbocycles. The number of hydrogen-bond donors (Lipinski definition) is 1. The third kappa shape index (κ3) is 2.03. The number of sulfone groups is 1. The minimum absolute atomic E-state index is 0.117. The van der Waals surface area contributed by atoms with Crippen LogP contribution in [0.5, 0.6) is 0 Å². The number of aromatic carboxylic acids is 1. The van der Waals surface area contributed by atoms with E-state index >= 15 is 0 Å². The molecule has 1 heterocycles. The van der Waals surface area contributed by atoms with Crippen molar-refractivity contribution >= 4 is 32.5 Å². The van der Waals surface area contributed by atoms with Crippen molar-refractivity contribution in [3.8, 4) is 0 Å². The normalized spacial score (nSPS) is 11.6. The number of carboxylic acids is 1. The molecule has 0 atom stereocenters. The van der Waals surface area contributed by atoms with Crippen molar-refractivity contribution in [1.29, 1.82) is 0 Å². The number of benzene rings is 1. The van der Waals surface area contributed by atoms with Crippen LogP contribution in [-0.2, 0) is 9.84 Å². The summed E-state index contributed by atoms with van der Waals surface area (Å²) >= 11 is 0. The van der Waals surface area contributed by atoms with Gasteiger partial charge in [0.25, 0.3) is 0 Å². The molecule has 2 aromatic rings. The van der Waals surface area contributed by atoms with Crippen molar-refractivity contribution in [3.63, 3.8) is 0 Å². The van der Waals surface area contributed by atoms with Gasteiger partial charge in [-0.15, -0.1) is 0 Å². The van der Waals surface area contributed by atoms with Crippen LogP contribution in [-0.4, -0.2) is 30.7 Å². The summed E-state index contributed by atoms with van der Waals surface area (Å²) in [5, 5.41) is 19.6. The number of nitro groups is 1. The van der Waals surface area contributed by atoms with Crippen molar-refractivity contribution < 1.29 is 27.7 Å². The van der Waals surface area contributed by atoms with Crippen molar-refractivity contribution in [2.24, 2.45) is 0 Å². The van der Waals surface area contributed by atoms with Crippen molar-refractivity contribution in [2.75, 3.05) is 6.26 Å². The summed E-state index contributed by atoms with van der Waals surface area (Å²) in [7, 11) is -3.90. The number of nitro benzene ring substituents is 1. The Hall–Kier alpha value is -2.42. The van der Waals surface area contributed by atoms with E-state index < -0.39 is 37.1 Å². The number of hydrogen-bond acceptors (Lipinski definition) is 6. The fourth-order valence-electron chi connectivity index (χ4n) is 1.73. The van der Waals surface area contributed by atoms with Crippen LogP contribution < -0.4 is 0 Å². The highest BCUT2D eigenvalue weighted by Gasteiger charge is 2.30. The molecule has 0 fully saturated rings. The predicted molar refractivity (Wildman–Crippen MR) is 62.9 cm³/mol. The zero-order chi connectivity index (χ0) is 14.4. The number of carbonyl (C=O) groups is 1. The highest BCUT2D eigenvalue weighted by molar-refractivity contribution is 7.91. The molecule has 0 unspecified atom stereocenters. The summed E-state index contributed by atoms with van der Waals surface area (Å²) in [5.41, 5.74) is -0.861. The van der Waals surface area contributed by atoms with Crippen molar-refractivity contribution in [3.05, 3.63) is 34.1 Å². The summed E-state index contributed by atoms with van der Waals surface area (Å²) in [6.07, 6.45) is 0.808. The fourth-order valence-corrected chi connectivity index (χ4v) is 2.76. The molecule has 0 aliphatic rings. The Morgan fingerprint density at radius 1 is 1.42 bits per heavy atom. The first-order valence-electron chi connectivity index (χ1n) is 4.86. The van der Waals surface area contributed by atoms with Gasteiger partial charge < -0.3 is 9.52 Å². The van der Waals surface area contributed by atoms with Gasteiger partial charge in [0, 0.05) is 17.7 Å². The van der Waals surface area contributed by atoms with Gasteiger partial charge >= 0.3 is 11.7 Å². The summed E-state index contributed by atoms with van der Waals surface area (Å²) < 4.78 is 28.1. The number of fused-ring (bicyclic) bond motifs is 1. The van der Waals surface area contributed by atoms with Gasteiger partial charge in [-0.3, -0.25) is 10.1 Å². The molecule has 1 N–H and O–H groups in total. The molecule has 0 aliphatic carbocycles. The number of rotatable bonds is 3. The molecule has 0 aliphatic heterocycles. The number of para-hydroxylation sites is 1. The summed E-state index contributed by atoms with van der Waals surface area (Å²) in [6, 6.07) is 3.62. The summed E-state index contributed by atoms with van der Waals surface area (Å²) in [4.78, 5) is 20.5. The molecule has 1 aromatic carbocycles. The van der Waals surface area contributed by atoms with E-state index in [9.17, 15) is 23.3 Å². The molecule has 0 bridgehead atoms. The van der Waals surface area contributed by atoms with Crippen LogP contribution in [0.3, 0.4) is 0 Å². The van der Waals surface area contributed by atoms with E-state index in [4.69, 9.17) is 9.52 Å². The van der Waals surface area contributed by atoms with E-state index in [2.05, 4.69) is 0 Å². The van der Waals surface area contributed by atoms with E-state index in [0.29, 0.717) is 0 Å². The Morgan fingerprint density at radius 3 is 2.53 bits per heavy atom. The van der Waals surface area contributed by atoms with Gasteiger partial charge in [-0.25, -0.2) is 13.2 Å². The Bertz CT molecular complexity index is 803. The van der Waals surface area contributed by atoms with Gasteiger partial charge in [0.15, 0.2) is 9.84 Å². The van der Waals surface area contributed by atoms with Crippen LogP contribution in [0.4, 0.5) is 5.69 Å². The number of carboxylic acid groups (broad SMARTS) is 1. The van der Waals surface area contributed by atoms with Crippen molar-refractivity contribution in [2.45, 2.75) is 4.90 Å². The minimum atomic E-state index is -3.90. The largest absolute Gasteiger partial charge is 0.475 e. The van der Waals surface area contributed by atoms with Crippen LogP contribution in [0.15, 0.2) is 27.5 Å². The maximum Gasteiger partial charge on any atom is 0.373 e. The molecule has 100 valence electrons. The Morgan fingerprint density at radius 2 is 2.05 bits per heavy atom. The zero-order valence-electron chi connectivity index (χ0n) is 9.48. The fraction of sp³-hybridized carbons (Fsp3) is 0.100. The lowest BCUT2D eigenvalue weighted by atomic mass is 10.2. The smallest absolute Gasteiger partial charge is 0.373 e. The SMILES string of the molecule is CS(=O)(=O)c1c(C(=O)O)oc2c([N+](=O)[O-])cccc12. The standard InChI is InChI=1S/C10H7NO7S/c1-19(16,17)9-5-3-2-4-6(11(14)15)7(5)18-8(9)10(12)13/h2-4H,1H3,(H,12,13). The van der Waals surface area contributed by atoms with Gasteiger partial charge in [-0.05, 0) is 6.07 Å². The molecular formula is C10H7NO7S. The van der Waals surface area contributed by atoms with Crippen LogP contribution in [0.1, 0.15) is 10.6 Å². The van der Waals surface area contributed by atoms with Gasteiger partial charge in [0.1, 0.15) is 4.90 Å². The molecule has 2 rings (SSSR count). The van der Waals surface area contributed by atoms with Crippen LogP contribution in [0.25, 0.3) is 11.0 Å². The first-order valence-corrected chi connectivity index (χ1v) is 6.76. The molecule has 9 heteroatoms. The lowest BCUT2D eigenvalue weighted by Gasteiger charge is -1.95. The summed E-state index contributed by atoms with van der Waals surface area (Å²) in [5.74, 6) is -2.43. The third-order valence-electron chi connectivity index (χ3n) is 2.41. The molecular weight excluding hydrogens is 278 g/mol. The van der Waals surface area contributed by atoms with Gasteiger partial charge in [-0.2, -0.15) is 0 Å². The Labute approximate surface area is 106 Å². The minimum Gasteiger partial charge on any atom is -0.475 e. The second-order valence-electron chi connectivity index (χ2n) is 3.75. The second kappa shape index (κ2) is 4.05. The molecule has 0 radical (unpaired) electrons. The highest BCUT2D eigenvalue weighted by atomic mass is 32.2. The molecule has 1 aromatic heterocycles. The lowest BCUT2D eigenvalue weighted by Crippen LogP contribution is -2.04. The van der Waals surface area contributed by atoms with E-state index in [0.717, 1.165) is 12.3 Å². The quantitative estimate of drug-likeness (QED) is 0.667. The zero-order valence-corrected chi connectivity index (χ0v) is 10.3. The average Bonchev–Trinajstić information content (AvgIpc) is 2.66.